The molecule has 1 aliphatic carbocycles. The number of fused-ring (bicyclic) bond motifs is 4. The van der Waals surface area contributed by atoms with E-state index in [1.54, 1.807) is 23.9 Å². The summed E-state index contributed by atoms with van der Waals surface area (Å²) < 4.78 is 2.11. The number of hydrogen-bond acceptors (Lipinski definition) is 3. The number of hydrogen-bond donors (Lipinski definition) is 0. The number of thioether (sulfide) groups is 1. The summed E-state index contributed by atoms with van der Waals surface area (Å²) in [5, 5.41) is 0. The van der Waals surface area contributed by atoms with E-state index in [-0.39, 0.29) is 11.6 Å². The molecule has 4 rings (SSSR count). The fourth-order valence-electron chi connectivity index (χ4n) is 3.03. The van der Waals surface area contributed by atoms with Crippen LogP contribution >= 0.6 is 11.8 Å². The lowest BCUT2D eigenvalue weighted by atomic mass is 9.84. The van der Waals surface area contributed by atoms with Crippen molar-refractivity contribution in [1.29, 1.82) is 0 Å². The van der Waals surface area contributed by atoms with Crippen molar-refractivity contribution in [3.63, 3.8) is 0 Å². The van der Waals surface area contributed by atoms with E-state index >= 15 is 0 Å². The van der Waals surface area contributed by atoms with Gasteiger partial charge in [0, 0.05) is 28.3 Å². The van der Waals surface area contributed by atoms with Gasteiger partial charge in [-0.25, -0.2) is 0 Å². The lowest BCUT2D eigenvalue weighted by molar-refractivity contribution is 0.0979. The van der Waals surface area contributed by atoms with Gasteiger partial charge in [-0.15, -0.1) is 11.8 Å². The van der Waals surface area contributed by atoms with Crippen molar-refractivity contribution in [1.82, 2.24) is 4.57 Å². The average molecular weight is 269 g/mol. The van der Waals surface area contributed by atoms with Crippen molar-refractivity contribution in [3.05, 3.63) is 57.9 Å². The molecule has 1 aliphatic heterocycles. The van der Waals surface area contributed by atoms with Crippen LogP contribution in [0.2, 0.25) is 0 Å². The van der Waals surface area contributed by atoms with Crippen LogP contribution in [0.1, 0.15) is 43.2 Å². The molecule has 94 valence electrons. The molecule has 0 saturated carbocycles. The van der Waals surface area contributed by atoms with E-state index in [1.165, 1.54) is 0 Å². The molecule has 0 N–H and O–H groups in total. The van der Waals surface area contributed by atoms with Crippen LogP contribution < -0.4 is 0 Å². The first-order valence-corrected chi connectivity index (χ1v) is 7.33. The van der Waals surface area contributed by atoms with E-state index in [4.69, 9.17) is 0 Å². The number of rotatable bonds is 0. The molecule has 0 amide bonds. The number of aromatic nitrogens is 1. The molecule has 0 bridgehead atoms. The zero-order chi connectivity index (χ0) is 13.1. The molecule has 0 fully saturated rings. The molecular formula is C15H11NO2S. The van der Waals surface area contributed by atoms with Gasteiger partial charge in [0.15, 0.2) is 11.6 Å². The Hall–Kier alpha value is -1.81. The number of carbonyl (C=O) groups is 2. The van der Waals surface area contributed by atoms with Gasteiger partial charge in [-0.2, -0.15) is 0 Å². The molecule has 4 heteroatoms. The van der Waals surface area contributed by atoms with E-state index in [9.17, 15) is 9.59 Å². The van der Waals surface area contributed by atoms with Crippen molar-refractivity contribution >= 4 is 23.3 Å². The van der Waals surface area contributed by atoms with Crippen LogP contribution in [-0.2, 0) is 11.6 Å². The summed E-state index contributed by atoms with van der Waals surface area (Å²) >= 11 is 1.78. The Kier molecular flexibility index (Phi) is 2.10. The first-order chi connectivity index (χ1) is 9.20. The van der Waals surface area contributed by atoms with E-state index in [2.05, 4.69) is 4.57 Å². The Morgan fingerprint density at radius 2 is 1.68 bits per heavy atom. The summed E-state index contributed by atoms with van der Waals surface area (Å²) in [6.07, 6.45) is 0. The predicted molar refractivity (Wildman–Crippen MR) is 73.8 cm³/mol. The second-order valence-electron chi connectivity index (χ2n) is 4.89. The quantitative estimate of drug-likeness (QED) is 0.630. The maximum absolute atomic E-state index is 12.7. The van der Waals surface area contributed by atoms with Crippen LogP contribution in [0.5, 0.6) is 0 Å². The Morgan fingerprint density at radius 1 is 1.05 bits per heavy atom. The molecular weight excluding hydrogens is 258 g/mol. The minimum Gasteiger partial charge on any atom is -0.337 e. The normalized spacial score (nSPS) is 16.3. The Balaban J connectivity index is 2.09. The molecule has 1 aromatic heterocycles. The van der Waals surface area contributed by atoms with E-state index in [1.807, 2.05) is 19.1 Å². The average Bonchev–Trinajstić information content (AvgIpc) is 2.99. The van der Waals surface area contributed by atoms with Gasteiger partial charge in [0.2, 0.25) is 0 Å². The summed E-state index contributed by atoms with van der Waals surface area (Å²) in [6.45, 7) is 1.94. The predicted octanol–water partition coefficient (Wildman–Crippen LogP) is 2.78. The Labute approximate surface area is 114 Å². The molecule has 2 aromatic rings. The number of benzene rings is 1. The monoisotopic (exact) mass is 269 g/mol. The van der Waals surface area contributed by atoms with Gasteiger partial charge in [0.05, 0.1) is 17.0 Å². The first kappa shape index (κ1) is 11.1. The third kappa shape index (κ3) is 1.24. The molecule has 2 heterocycles. The standard InChI is InChI=1S/C15H11NO2S/c1-8-12-13(11-6-19-7-16(8)11)15(18)10-5-3-2-4-9(10)14(12)17/h2-5H,6-7H2,1H3. The fraction of sp³-hybridized carbons (Fsp3) is 0.200. The van der Waals surface area contributed by atoms with Gasteiger partial charge in [-0.05, 0) is 6.92 Å². The van der Waals surface area contributed by atoms with Crippen LogP contribution in [0.3, 0.4) is 0 Å². The summed E-state index contributed by atoms with van der Waals surface area (Å²) in [5.41, 5.74) is 4.31. The molecule has 19 heavy (non-hydrogen) atoms. The fourth-order valence-corrected chi connectivity index (χ4v) is 4.14. The number of carbonyl (C=O) groups excluding carboxylic acids is 2. The minimum atomic E-state index is -0.00500. The maximum Gasteiger partial charge on any atom is 0.196 e. The van der Waals surface area contributed by atoms with Crippen molar-refractivity contribution in [2.24, 2.45) is 0 Å². The summed E-state index contributed by atoms with van der Waals surface area (Å²) in [5.74, 6) is 1.65. The minimum absolute atomic E-state index is 0.00421. The summed E-state index contributed by atoms with van der Waals surface area (Å²) in [4.78, 5) is 25.3. The van der Waals surface area contributed by atoms with Crippen molar-refractivity contribution in [3.8, 4) is 0 Å². The van der Waals surface area contributed by atoms with E-state index in [0.717, 1.165) is 23.0 Å². The highest BCUT2D eigenvalue weighted by Crippen LogP contribution is 2.38. The lowest BCUT2D eigenvalue weighted by Gasteiger charge is -2.15. The number of nitrogens with zero attached hydrogens (tertiary/aromatic N) is 1. The third-order valence-electron chi connectivity index (χ3n) is 3.96. The van der Waals surface area contributed by atoms with Crippen LogP contribution in [0.4, 0.5) is 0 Å². The largest absolute Gasteiger partial charge is 0.337 e. The SMILES string of the molecule is Cc1c2c(c3n1CSC3)C(=O)c1ccccc1C2=O. The van der Waals surface area contributed by atoms with Gasteiger partial charge in [0.25, 0.3) is 0 Å². The zero-order valence-corrected chi connectivity index (χ0v) is 11.2. The summed E-state index contributed by atoms with van der Waals surface area (Å²) in [7, 11) is 0. The van der Waals surface area contributed by atoms with Crippen LogP contribution in [0.25, 0.3) is 0 Å². The van der Waals surface area contributed by atoms with Crippen molar-refractivity contribution in [2.75, 3.05) is 0 Å². The first-order valence-electron chi connectivity index (χ1n) is 6.18. The van der Waals surface area contributed by atoms with Gasteiger partial charge < -0.3 is 4.57 Å². The van der Waals surface area contributed by atoms with Gasteiger partial charge in [0.1, 0.15) is 0 Å². The second kappa shape index (κ2) is 3.61. The third-order valence-corrected chi connectivity index (χ3v) is 4.88. The Morgan fingerprint density at radius 3 is 2.37 bits per heavy atom. The zero-order valence-electron chi connectivity index (χ0n) is 10.4. The van der Waals surface area contributed by atoms with Crippen molar-refractivity contribution < 1.29 is 9.59 Å². The molecule has 0 saturated heterocycles. The Bertz CT molecular complexity index is 758. The van der Waals surface area contributed by atoms with E-state index < -0.39 is 0 Å². The molecule has 0 unspecified atom stereocenters. The highest BCUT2D eigenvalue weighted by molar-refractivity contribution is 7.97. The van der Waals surface area contributed by atoms with Crippen molar-refractivity contribution in [2.45, 2.75) is 18.6 Å². The smallest absolute Gasteiger partial charge is 0.196 e. The highest BCUT2D eigenvalue weighted by Gasteiger charge is 2.37. The van der Waals surface area contributed by atoms with Gasteiger partial charge >= 0.3 is 0 Å². The topological polar surface area (TPSA) is 39.1 Å². The molecule has 0 spiro atoms. The second-order valence-corrected chi connectivity index (χ2v) is 5.85. The molecule has 0 radical (unpaired) electrons. The van der Waals surface area contributed by atoms with E-state index in [0.29, 0.717) is 22.3 Å². The van der Waals surface area contributed by atoms with Crippen LogP contribution in [-0.4, -0.2) is 16.1 Å². The number of ketones is 2. The van der Waals surface area contributed by atoms with Gasteiger partial charge in [-0.3, -0.25) is 9.59 Å². The van der Waals surface area contributed by atoms with Crippen LogP contribution in [0, 0.1) is 6.92 Å². The summed E-state index contributed by atoms with van der Waals surface area (Å²) in [6, 6.07) is 7.12. The molecule has 3 nitrogen and oxygen atoms in total. The molecule has 2 aliphatic rings. The highest BCUT2D eigenvalue weighted by atomic mass is 32.2. The van der Waals surface area contributed by atoms with Gasteiger partial charge in [-0.1, -0.05) is 24.3 Å². The molecule has 1 aromatic carbocycles. The van der Waals surface area contributed by atoms with Crippen LogP contribution in [0.15, 0.2) is 24.3 Å². The maximum atomic E-state index is 12.7. The lowest BCUT2D eigenvalue weighted by Crippen LogP contribution is -2.20. The molecule has 0 atom stereocenters.